The monoisotopic (exact) mass is 324 g/mol. The number of hydrogen-bond acceptors (Lipinski definition) is 4. The second-order valence-electron chi connectivity index (χ2n) is 4.23. The smallest absolute Gasteiger partial charge is 0.414 e. The van der Waals surface area contributed by atoms with Gasteiger partial charge in [-0.1, -0.05) is 6.07 Å². The van der Waals surface area contributed by atoms with Crippen LogP contribution in [-0.2, 0) is 10.0 Å². The molecule has 1 heterocycles. The summed E-state index contributed by atoms with van der Waals surface area (Å²) in [6.07, 6.45) is -3.68. The van der Waals surface area contributed by atoms with Gasteiger partial charge >= 0.3 is 6.11 Å². The largest absolute Gasteiger partial charge is 0.431 e. The second kappa shape index (κ2) is 4.56. The zero-order valence-corrected chi connectivity index (χ0v) is 12.1. The van der Waals surface area contributed by atoms with Gasteiger partial charge in [0.2, 0.25) is 0 Å². The molecule has 9 heteroatoms. The highest BCUT2D eigenvalue weighted by molar-refractivity contribution is 7.90. The van der Waals surface area contributed by atoms with E-state index in [-0.39, 0.29) is 10.5 Å². The van der Waals surface area contributed by atoms with Crippen molar-refractivity contribution in [3.8, 4) is 5.75 Å². The van der Waals surface area contributed by atoms with Crippen molar-refractivity contribution in [3.05, 3.63) is 23.8 Å². The topological polar surface area (TPSA) is 70.5 Å². The molecule has 0 aliphatic carbocycles. The first-order valence-corrected chi connectivity index (χ1v) is 7.38. The van der Waals surface area contributed by atoms with E-state index in [1.54, 1.807) is 0 Å². The fourth-order valence-corrected chi connectivity index (χ4v) is 3.07. The average Bonchev–Trinajstić information content (AvgIpc) is 2.52. The van der Waals surface area contributed by atoms with E-state index in [1.807, 2.05) is 0 Å². The number of hydrogen-bond donors (Lipinski definition) is 1. The fourth-order valence-electron chi connectivity index (χ4n) is 1.70. The molecule has 0 saturated heterocycles. The number of alkyl halides is 3. The van der Waals surface area contributed by atoms with Crippen LogP contribution in [0, 0.1) is 5.41 Å². The first-order valence-electron chi connectivity index (χ1n) is 5.51. The summed E-state index contributed by atoms with van der Waals surface area (Å²) in [5, 5.41) is 6.13. The molecule has 1 aromatic rings. The Labute approximate surface area is 119 Å². The number of sulfonamides is 1. The van der Waals surface area contributed by atoms with Crippen molar-refractivity contribution in [3.63, 3.8) is 0 Å². The minimum absolute atomic E-state index is 0.188. The third-order valence-corrected chi connectivity index (χ3v) is 4.94. The van der Waals surface area contributed by atoms with Gasteiger partial charge in [0.1, 0.15) is 21.9 Å². The molecule has 0 saturated carbocycles. The lowest BCUT2D eigenvalue weighted by molar-refractivity contribution is -0.174. The van der Waals surface area contributed by atoms with Crippen LogP contribution in [0.4, 0.5) is 8.78 Å². The van der Waals surface area contributed by atoms with Gasteiger partial charge in [-0.3, -0.25) is 9.71 Å². The molecule has 2 rings (SSSR count). The van der Waals surface area contributed by atoms with Crippen molar-refractivity contribution in [2.75, 3.05) is 7.05 Å². The number of nitrogens with one attached hydrogen (secondary N) is 1. The van der Waals surface area contributed by atoms with Crippen molar-refractivity contribution in [2.45, 2.75) is 23.3 Å². The minimum atomic E-state index is -3.88. The number of halogens is 3. The van der Waals surface area contributed by atoms with Crippen LogP contribution in [0.3, 0.4) is 0 Å². The lowest BCUT2D eigenvalue weighted by Crippen LogP contribution is -2.34. The van der Waals surface area contributed by atoms with Crippen molar-refractivity contribution >= 4 is 27.5 Å². The van der Waals surface area contributed by atoms with Crippen molar-refractivity contribution < 1.29 is 21.9 Å². The maximum atomic E-state index is 13.5. The summed E-state index contributed by atoms with van der Waals surface area (Å²) in [5.41, 5.74) is -0.188. The highest BCUT2D eigenvalue weighted by Crippen LogP contribution is 2.38. The zero-order chi connectivity index (χ0) is 15.3. The molecule has 1 aromatic carbocycles. The molecular weight excluding hydrogens is 314 g/mol. The van der Waals surface area contributed by atoms with E-state index in [4.69, 9.17) is 17.0 Å². The zero-order valence-electron chi connectivity index (χ0n) is 10.5. The van der Waals surface area contributed by atoms with Crippen molar-refractivity contribution in [2.24, 2.45) is 0 Å². The SMILES string of the molecule is CC(Cl)C(F)(F)Oc1cccc2c1C(=N)N(C)S2(=O)=O. The Morgan fingerprint density at radius 2 is 2.05 bits per heavy atom. The number of nitrogens with zero attached hydrogens (tertiary/aromatic N) is 1. The third-order valence-electron chi connectivity index (χ3n) is 2.89. The molecule has 1 aliphatic rings. The molecule has 0 amide bonds. The van der Waals surface area contributed by atoms with E-state index in [0.717, 1.165) is 6.92 Å². The predicted octanol–water partition coefficient (Wildman–Crippen LogP) is 2.24. The summed E-state index contributed by atoms with van der Waals surface area (Å²) in [4.78, 5) is -0.236. The van der Waals surface area contributed by atoms with Gasteiger partial charge in [0, 0.05) is 7.05 Å². The number of benzene rings is 1. The van der Waals surface area contributed by atoms with E-state index < -0.39 is 33.1 Å². The van der Waals surface area contributed by atoms with Crippen LogP contribution in [0.25, 0.3) is 0 Å². The minimum Gasteiger partial charge on any atom is -0.431 e. The van der Waals surface area contributed by atoms with Gasteiger partial charge in [0.25, 0.3) is 10.0 Å². The van der Waals surface area contributed by atoms with Crippen LogP contribution in [-0.4, -0.2) is 37.1 Å². The molecule has 0 aromatic heterocycles. The fraction of sp³-hybridized carbons (Fsp3) is 0.364. The van der Waals surface area contributed by atoms with Gasteiger partial charge in [-0.05, 0) is 19.1 Å². The van der Waals surface area contributed by atoms with E-state index in [2.05, 4.69) is 4.74 Å². The molecule has 0 spiro atoms. The predicted molar refractivity (Wildman–Crippen MR) is 69.1 cm³/mol. The van der Waals surface area contributed by atoms with Gasteiger partial charge in [-0.2, -0.15) is 8.78 Å². The normalized spacial score (nSPS) is 18.9. The molecule has 110 valence electrons. The maximum Gasteiger partial charge on any atom is 0.414 e. The molecule has 5 nitrogen and oxygen atoms in total. The molecule has 1 N–H and O–H groups in total. The van der Waals surface area contributed by atoms with Crippen LogP contribution in [0.2, 0.25) is 0 Å². The average molecular weight is 325 g/mol. The first kappa shape index (κ1) is 15.0. The van der Waals surface area contributed by atoms with Crippen LogP contribution in [0.5, 0.6) is 5.75 Å². The molecule has 0 radical (unpaired) electrons. The van der Waals surface area contributed by atoms with Crippen LogP contribution < -0.4 is 4.74 Å². The van der Waals surface area contributed by atoms with Crippen molar-refractivity contribution in [1.82, 2.24) is 4.31 Å². The van der Waals surface area contributed by atoms with Gasteiger partial charge in [0.05, 0.1) is 5.56 Å². The molecule has 0 fully saturated rings. The molecular formula is C11H11ClF2N2O3S. The summed E-state index contributed by atoms with van der Waals surface area (Å²) >= 11 is 5.33. The lowest BCUT2D eigenvalue weighted by Gasteiger charge is -2.21. The quantitative estimate of drug-likeness (QED) is 0.867. The standard InChI is InChI=1S/C11H11ClF2N2O3S/c1-6(12)11(13,14)19-7-4-3-5-8-9(7)10(15)16(2)20(8,17)18/h3-6,15H,1-2H3. The number of fused-ring (bicyclic) bond motifs is 1. The number of ether oxygens (including phenoxy) is 1. The van der Waals surface area contributed by atoms with Crippen molar-refractivity contribution in [1.29, 1.82) is 5.41 Å². The summed E-state index contributed by atoms with van der Waals surface area (Å²) < 4.78 is 56.2. The summed E-state index contributed by atoms with van der Waals surface area (Å²) in [5.74, 6) is -0.813. The van der Waals surface area contributed by atoms with Crippen LogP contribution in [0.1, 0.15) is 12.5 Å². The van der Waals surface area contributed by atoms with E-state index >= 15 is 0 Å². The van der Waals surface area contributed by atoms with E-state index in [9.17, 15) is 17.2 Å². The van der Waals surface area contributed by atoms with E-state index in [0.29, 0.717) is 4.31 Å². The number of amidine groups is 1. The Hall–Kier alpha value is -1.41. The van der Waals surface area contributed by atoms with Gasteiger partial charge in [-0.15, -0.1) is 11.6 Å². The molecule has 20 heavy (non-hydrogen) atoms. The Morgan fingerprint density at radius 1 is 1.45 bits per heavy atom. The third kappa shape index (κ3) is 2.12. The summed E-state index contributed by atoms with van der Waals surface area (Å²) in [6, 6.07) is 3.68. The maximum absolute atomic E-state index is 13.5. The van der Waals surface area contributed by atoms with E-state index in [1.165, 1.54) is 25.2 Å². The van der Waals surface area contributed by atoms with Crippen LogP contribution in [0.15, 0.2) is 23.1 Å². The van der Waals surface area contributed by atoms with Gasteiger partial charge < -0.3 is 4.74 Å². The summed E-state index contributed by atoms with van der Waals surface area (Å²) in [6.45, 7) is 1.05. The molecule has 1 aliphatic heterocycles. The lowest BCUT2D eigenvalue weighted by atomic mass is 10.2. The first-order chi connectivity index (χ1) is 9.09. The van der Waals surface area contributed by atoms with Gasteiger partial charge in [0.15, 0.2) is 0 Å². The highest BCUT2D eigenvalue weighted by Gasteiger charge is 2.43. The molecule has 1 unspecified atom stereocenters. The van der Waals surface area contributed by atoms with Crippen LogP contribution >= 0.6 is 11.6 Å². The van der Waals surface area contributed by atoms with Gasteiger partial charge in [-0.25, -0.2) is 8.42 Å². The number of rotatable bonds is 3. The Kier molecular flexibility index (Phi) is 3.42. The second-order valence-corrected chi connectivity index (χ2v) is 6.82. The molecule has 1 atom stereocenters. The summed E-state index contributed by atoms with van der Waals surface area (Å²) in [7, 11) is -2.71. The Bertz CT molecular complexity index is 676. The highest BCUT2D eigenvalue weighted by atomic mass is 35.5. The molecule has 0 bridgehead atoms. The Balaban J connectivity index is 2.57. The Morgan fingerprint density at radius 3 is 2.60 bits per heavy atom.